The molecule has 1 saturated heterocycles. The smallest absolute Gasteiger partial charge is 0.0832 e. The lowest BCUT2D eigenvalue weighted by atomic mass is 10.3. The van der Waals surface area contributed by atoms with Gasteiger partial charge in [0.05, 0.1) is 14.8 Å². The molecule has 0 radical (unpaired) electrons. The quantitative estimate of drug-likeness (QED) is 0.371. The molecule has 0 amide bonds. The minimum Gasteiger partial charge on any atom is -0.233 e. The van der Waals surface area contributed by atoms with E-state index in [2.05, 4.69) is 13.6 Å². The van der Waals surface area contributed by atoms with Gasteiger partial charge in [0.15, 0.2) is 0 Å². The van der Waals surface area contributed by atoms with Crippen LogP contribution in [-0.2, 0) is 9.56 Å². The fourth-order valence-corrected chi connectivity index (χ4v) is 1.45. The molecule has 48 valence electrons. The molecule has 0 aromatic carbocycles. The molecule has 1 aliphatic heterocycles. The van der Waals surface area contributed by atoms with Gasteiger partial charge in [-0.2, -0.15) is 0 Å². The summed E-state index contributed by atoms with van der Waals surface area (Å²) < 4.78 is 4.95. The highest BCUT2D eigenvalue weighted by molar-refractivity contribution is 7.52. The largest absolute Gasteiger partial charge is 0.233 e. The molecular formula is C5H11O2P. The third kappa shape index (κ3) is 1.41. The molecule has 2 atom stereocenters. The predicted molar refractivity (Wildman–Crippen MR) is 34.0 cm³/mol. The van der Waals surface area contributed by atoms with Crippen LogP contribution in [0.3, 0.4) is 0 Å². The lowest BCUT2D eigenvalue weighted by Gasteiger charge is -2.23. The monoisotopic (exact) mass is 134 g/mol. The Labute approximate surface area is 50.9 Å². The Morgan fingerprint density at radius 2 is 2.38 bits per heavy atom. The third-order valence-corrected chi connectivity index (χ3v) is 3.25. The maximum atomic E-state index is 4.95. The van der Waals surface area contributed by atoms with Gasteiger partial charge >= 0.3 is 0 Å². The first-order chi connectivity index (χ1) is 3.80. The van der Waals surface area contributed by atoms with E-state index >= 15 is 0 Å². The fraction of sp³-hybridized carbons (Fsp3) is 1.00. The summed E-state index contributed by atoms with van der Waals surface area (Å²) in [6, 6.07) is 0. The highest BCUT2D eigenvalue weighted by Gasteiger charge is 2.18. The van der Waals surface area contributed by atoms with Crippen molar-refractivity contribution in [1.82, 2.24) is 0 Å². The summed E-state index contributed by atoms with van der Waals surface area (Å²) >= 11 is 0. The van der Waals surface area contributed by atoms with Gasteiger partial charge in [-0.05, 0) is 13.1 Å². The van der Waals surface area contributed by atoms with Gasteiger partial charge in [-0.1, -0.05) is 6.92 Å². The van der Waals surface area contributed by atoms with Crippen molar-refractivity contribution in [3.8, 4) is 0 Å². The standard InChI is InChI=1S/C5H11O2P/c1-5-3-4-6-7-8(5)2/h5H,3-4H2,1-2H3. The van der Waals surface area contributed by atoms with E-state index in [9.17, 15) is 0 Å². The lowest BCUT2D eigenvalue weighted by molar-refractivity contribution is -0.209. The van der Waals surface area contributed by atoms with Crippen LogP contribution in [0.1, 0.15) is 13.3 Å². The fourth-order valence-electron chi connectivity index (χ4n) is 0.594. The van der Waals surface area contributed by atoms with E-state index in [0.717, 1.165) is 18.7 Å². The Morgan fingerprint density at radius 3 is 2.75 bits per heavy atom. The van der Waals surface area contributed by atoms with E-state index < -0.39 is 0 Å². The molecule has 0 aromatic rings. The van der Waals surface area contributed by atoms with Crippen molar-refractivity contribution in [3.63, 3.8) is 0 Å². The normalized spacial score (nSPS) is 39.8. The molecule has 0 saturated carbocycles. The van der Waals surface area contributed by atoms with Gasteiger partial charge in [0, 0.05) is 5.66 Å². The minimum atomic E-state index is -0.275. The van der Waals surface area contributed by atoms with Gasteiger partial charge in [-0.25, -0.2) is 9.56 Å². The molecule has 2 nitrogen and oxygen atoms in total. The average molecular weight is 134 g/mol. The number of hydrogen-bond acceptors (Lipinski definition) is 2. The topological polar surface area (TPSA) is 18.5 Å². The van der Waals surface area contributed by atoms with Crippen LogP contribution in [0, 0.1) is 0 Å². The zero-order valence-corrected chi connectivity index (χ0v) is 6.15. The SMILES string of the molecule is CC1CCOOP1C. The summed E-state index contributed by atoms with van der Waals surface area (Å²) in [6.07, 6.45) is 1.15. The molecule has 8 heavy (non-hydrogen) atoms. The molecule has 1 aliphatic rings. The van der Waals surface area contributed by atoms with Gasteiger partial charge in [0.25, 0.3) is 0 Å². The zero-order chi connectivity index (χ0) is 5.98. The van der Waals surface area contributed by atoms with Crippen LogP contribution in [-0.4, -0.2) is 18.9 Å². The maximum absolute atomic E-state index is 4.95. The van der Waals surface area contributed by atoms with Crippen LogP contribution in [0.15, 0.2) is 0 Å². The molecule has 1 rings (SSSR count). The molecule has 3 heteroatoms. The summed E-state index contributed by atoms with van der Waals surface area (Å²) in [5.74, 6) is 0. The van der Waals surface area contributed by atoms with Gasteiger partial charge in [-0.3, -0.25) is 0 Å². The molecule has 0 N–H and O–H groups in total. The summed E-state index contributed by atoms with van der Waals surface area (Å²) in [7, 11) is -0.275. The Kier molecular flexibility index (Phi) is 2.24. The highest BCUT2D eigenvalue weighted by Crippen LogP contribution is 2.42. The molecule has 0 bridgehead atoms. The van der Waals surface area contributed by atoms with E-state index in [1.165, 1.54) is 0 Å². The highest BCUT2D eigenvalue weighted by atomic mass is 31.1. The van der Waals surface area contributed by atoms with E-state index in [0.29, 0.717) is 0 Å². The molecule has 1 fully saturated rings. The maximum Gasteiger partial charge on any atom is 0.0832 e. The summed E-state index contributed by atoms with van der Waals surface area (Å²) in [5, 5.41) is 0. The van der Waals surface area contributed by atoms with Crippen LogP contribution in [0.5, 0.6) is 0 Å². The van der Waals surface area contributed by atoms with Gasteiger partial charge in [0.2, 0.25) is 0 Å². The number of hydrogen-bond donors (Lipinski definition) is 0. The van der Waals surface area contributed by atoms with Crippen LogP contribution in [0.4, 0.5) is 0 Å². The zero-order valence-electron chi connectivity index (χ0n) is 5.26. The Morgan fingerprint density at radius 1 is 1.62 bits per heavy atom. The minimum absolute atomic E-state index is 0.275. The molecule has 2 unspecified atom stereocenters. The first-order valence-electron chi connectivity index (χ1n) is 2.83. The van der Waals surface area contributed by atoms with Gasteiger partial charge in [0.1, 0.15) is 0 Å². The van der Waals surface area contributed by atoms with E-state index in [1.54, 1.807) is 0 Å². The second-order valence-corrected chi connectivity index (χ2v) is 4.20. The predicted octanol–water partition coefficient (Wildman–Crippen LogP) is 1.75. The summed E-state index contributed by atoms with van der Waals surface area (Å²) in [4.78, 5) is 4.78. The van der Waals surface area contributed by atoms with Gasteiger partial charge in [-0.15, -0.1) is 0 Å². The first kappa shape index (κ1) is 6.47. The van der Waals surface area contributed by atoms with Gasteiger partial charge < -0.3 is 0 Å². The molecule has 0 aromatic heterocycles. The second-order valence-electron chi connectivity index (χ2n) is 2.08. The second kappa shape index (κ2) is 2.77. The van der Waals surface area contributed by atoms with E-state index in [1.807, 2.05) is 0 Å². The van der Waals surface area contributed by atoms with Crippen molar-refractivity contribution in [2.75, 3.05) is 13.3 Å². The van der Waals surface area contributed by atoms with Crippen LogP contribution in [0.25, 0.3) is 0 Å². The first-order valence-corrected chi connectivity index (χ1v) is 4.60. The van der Waals surface area contributed by atoms with Crippen molar-refractivity contribution >= 4 is 8.15 Å². The van der Waals surface area contributed by atoms with Crippen molar-refractivity contribution in [1.29, 1.82) is 0 Å². The summed E-state index contributed by atoms with van der Waals surface area (Å²) in [6.45, 7) is 5.07. The average Bonchev–Trinajstić information content (AvgIpc) is 1.77. The Hall–Kier alpha value is 0.350. The van der Waals surface area contributed by atoms with Crippen molar-refractivity contribution in [3.05, 3.63) is 0 Å². The van der Waals surface area contributed by atoms with E-state index in [4.69, 9.17) is 9.56 Å². The third-order valence-electron chi connectivity index (χ3n) is 1.41. The van der Waals surface area contributed by atoms with Crippen molar-refractivity contribution in [2.45, 2.75) is 19.0 Å². The molecule has 0 aliphatic carbocycles. The Bertz CT molecular complexity index is 66.8. The lowest BCUT2D eigenvalue weighted by Crippen LogP contribution is -2.12. The number of rotatable bonds is 0. The van der Waals surface area contributed by atoms with E-state index in [-0.39, 0.29) is 8.15 Å². The Balaban J connectivity index is 2.28. The van der Waals surface area contributed by atoms with Crippen molar-refractivity contribution < 1.29 is 9.56 Å². The van der Waals surface area contributed by atoms with Crippen molar-refractivity contribution in [2.24, 2.45) is 0 Å². The summed E-state index contributed by atoms with van der Waals surface area (Å²) in [5.41, 5.74) is 0.721. The molecular weight excluding hydrogens is 123 g/mol. The van der Waals surface area contributed by atoms with Crippen LogP contribution >= 0.6 is 8.15 Å². The van der Waals surface area contributed by atoms with Crippen LogP contribution < -0.4 is 0 Å². The van der Waals surface area contributed by atoms with Crippen LogP contribution in [0.2, 0.25) is 0 Å². The molecule has 0 spiro atoms. The molecule has 1 heterocycles.